The summed E-state index contributed by atoms with van der Waals surface area (Å²) in [6, 6.07) is 1.44. The monoisotopic (exact) mass is 268 g/mol. The molecule has 0 aromatic carbocycles. The molecule has 0 spiro atoms. The van der Waals surface area contributed by atoms with Crippen LogP contribution in [-0.2, 0) is 16.6 Å². The maximum Gasteiger partial charge on any atom is 0.246 e. The second-order valence-electron chi connectivity index (χ2n) is 3.61. The normalized spacial score (nSPS) is 11.9. The molecule has 3 N–H and O–H groups in total. The van der Waals surface area contributed by atoms with Crippen molar-refractivity contribution in [3.63, 3.8) is 0 Å². The second-order valence-corrected chi connectivity index (χ2v) is 5.62. The van der Waals surface area contributed by atoms with Gasteiger partial charge in [0, 0.05) is 19.4 Å². The van der Waals surface area contributed by atoms with Crippen molar-refractivity contribution in [1.29, 1.82) is 0 Å². The number of hydrogen-bond acceptors (Lipinski definition) is 6. The summed E-state index contributed by atoms with van der Waals surface area (Å²) in [6.45, 7) is 0.0800. The van der Waals surface area contributed by atoms with Gasteiger partial charge in [-0.05, 0) is 6.07 Å². The molecule has 0 atom stereocenters. The number of nitrogens with two attached hydrogens (primary N) is 1. The van der Waals surface area contributed by atoms with Crippen LogP contribution >= 0.6 is 0 Å². The molecular formula is C9H12N6O2S. The number of pyridine rings is 1. The van der Waals surface area contributed by atoms with Gasteiger partial charge in [-0.1, -0.05) is 0 Å². The lowest BCUT2D eigenvalue weighted by Crippen LogP contribution is -2.27. The molecule has 0 saturated heterocycles. The lowest BCUT2D eigenvalue weighted by atomic mass is 10.4. The van der Waals surface area contributed by atoms with E-state index in [1.165, 1.54) is 31.8 Å². The van der Waals surface area contributed by atoms with Crippen molar-refractivity contribution in [1.82, 2.24) is 24.5 Å². The van der Waals surface area contributed by atoms with E-state index in [0.29, 0.717) is 5.82 Å². The van der Waals surface area contributed by atoms with Crippen molar-refractivity contribution < 1.29 is 8.42 Å². The van der Waals surface area contributed by atoms with Crippen molar-refractivity contribution in [2.45, 2.75) is 11.4 Å². The number of nitrogens with one attached hydrogen (secondary N) is 1. The molecule has 2 aromatic heterocycles. The highest BCUT2D eigenvalue weighted by Crippen LogP contribution is 2.20. The highest BCUT2D eigenvalue weighted by molar-refractivity contribution is 7.89. The Balaban J connectivity index is 2.29. The molecule has 96 valence electrons. The minimum absolute atomic E-state index is 0.0213. The third-order valence-corrected chi connectivity index (χ3v) is 4.19. The van der Waals surface area contributed by atoms with E-state index in [4.69, 9.17) is 5.73 Å². The van der Waals surface area contributed by atoms with Crippen molar-refractivity contribution in [2.24, 2.45) is 0 Å². The van der Waals surface area contributed by atoms with Crippen LogP contribution in [0.1, 0.15) is 5.82 Å². The number of sulfonamides is 1. The van der Waals surface area contributed by atoms with Gasteiger partial charge in [0.1, 0.15) is 17.0 Å². The molecule has 0 saturated carbocycles. The maximum absolute atomic E-state index is 12.2. The molecule has 0 aliphatic heterocycles. The average molecular weight is 268 g/mol. The number of rotatable bonds is 4. The second kappa shape index (κ2) is 4.70. The van der Waals surface area contributed by atoms with Gasteiger partial charge in [-0.3, -0.25) is 10.1 Å². The summed E-state index contributed by atoms with van der Waals surface area (Å²) < 4.78 is 25.6. The first-order valence-corrected chi connectivity index (χ1v) is 6.46. The molecule has 0 radical (unpaired) electrons. The summed E-state index contributed by atoms with van der Waals surface area (Å²) in [6.07, 6.45) is 3.97. The number of H-pyrrole nitrogens is 1. The Morgan fingerprint density at radius 3 is 2.89 bits per heavy atom. The van der Waals surface area contributed by atoms with Crippen LogP contribution in [0.4, 0.5) is 5.69 Å². The van der Waals surface area contributed by atoms with Crippen LogP contribution in [0.5, 0.6) is 0 Å². The fraction of sp³-hybridized carbons (Fsp3) is 0.222. The quantitative estimate of drug-likeness (QED) is 0.779. The van der Waals surface area contributed by atoms with E-state index in [-0.39, 0.29) is 17.1 Å². The van der Waals surface area contributed by atoms with Gasteiger partial charge in [-0.2, -0.15) is 9.40 Å². The molecular weight excluding hydrogens is 256 g/mol. The maximum atomic E-state index is 12.2. The first kappa shape index (κ1) is 12.5. The van der Waals surface area contributed by atoms with Crippen LogP contribution in [0.2, 0.25) is 0 Å². The van der Waals surface area contributed by atoms with Crippen LogP contribution < -0.4 is 5.73 Å². The van der Waals surface area contributed by atoms with Gasteiger partial charge in [0.15, 0.2) is 0 Å². The van der Waals surface area contributed by atoms with Crippen molar-refractivity contribution in [3.8, 4) is 0 Å². The highest BCUT2D eigenvalue weighted by atomic mass is 32.2. The predicted octanol–water partition coefficient (Wildman–Crippen LogP) is -0.397. The van der Waals surface area contributed by atoms with E-state index in [9.17, 15) is 8.42 Å². The minimum Gasteiger partial charge on any atom is -0.398 e. The van der Waals surface area contributed by atoms with Crippen molar-refractivity contribution in [3.05, 3.63) is 30.6 Å². The Kier molecular flexibility index (Phi) is 3.26. The molecule has 2 aromatic rings. The van der Waals surface area contributed by atoms with Crippen LogP contribution in [0, 0.1) is 0 Å². The lowest BCUT2D eigenvalue weighted by molar-refractivity contribution is 0.457. The molecule has 0 aliphatic carbocycles. The standard InChI is InChI=1S/C9H12N6O2S/c1-15(5-9-12-6-13-14-9)18(16,17)8-4-11-3-2-7(8)10/h2-4,6H,5H2,1H3,(H2,10,11)(H,12,13,14). The van der Waals surface area contributed by atoms with Crippen LogP contribution in [-0.4, -0.2) is 39.9 Å². The number of aromatic amines is 1. The molecule has 0 fully saturated rings. The molecule has 9 heteroatoms. The summed E-state index contributed by atoms with van der Waals surface area (Å²) in [5, 5.41) is 6.25. The number of nitrogens with zero attached hydrogens (tertiary/aromatic N) is 4. The van der Waals surface area contributed by atoms with E-state index in [2.05, 4.69) is 20.2 Å². The third-order valence-electron chi connectivity index (χ3n) is 2.34. The van der Waals surface area contributed by atoms with Gasteiger partial charge in [0.05, 0.1) is 12.2 Å². The van der Waals surface area contributed by atoms with Gasteiger partial charge < -0.3 is 5.73 Å². The van der Waals surface area contributed by atoms with Gasteiger partial charge in [-0.25, -0.2) is 13.4 Å². The summed E-state index contributed by atoms with van der Waals surface area (Å²) in [4.78, 5) is 7.61. The van der Waals surface area contributed by atoms with Gasteiger partial charge in [0.2, 0.25) is 10.0 Å². The van der Waals surface area contributed by atoms with Gasteiger partial charge in [-0.15, -0.1) is 0 Å². The Hall–Kier alpha value is -2.00. The minimum atomic E-state index is -3.69. The number of nitrogen functional groups attached to an aromatic ring is 1. The zero-order valence-electron chi connectivity index (χ0n) is 9.61. The predicted molar refractivity (Wildman–Crippen MR) is 63.7 cm³/mol. The van der Waals surface area contributed by atoms with E-state index >= 15 is 0 Å². The first-order chi connectivity index (χ1) is 8.51. The van der Waals surface area contributed by atoms with Gasteiger partial charge >= 0.3 is 0 Å². The first-order valence-electron chi connectivity index (χ1n) is 5.02. The number of anilines is 1. The van der Waals surface area contributed by atoms with Crippen LogP contribution in [0.3, 0.4) is 0 Å². The SMILES string of the molecule is CN(Cc1ncn[nH]1)S(=O)(=O)c1cnccc1N. The Morgan fingerprint density at radius 2 is 2.28 bits per heavy atom. The molecule has 8 nitrogen and oxygen atoms in total. The molecule has 2 heterocycles. The lowest BCUT2D eigenvalue weighted by Gasteiger charge is -2.16. The van der Waals surface area contributed by atoms with E-state index in [0.717, 1.165) is 4.31 Å². The Labute approximate surface area is 104 Å². The smallest absolute Gasteiger partial charge is 0.246 e. The Morgan fingerprint density at radius 1 is 1.50 bits per heavy atom. The van der Waals surface area contributed by atoms with Crippen molar-refractivity contribution >= 4 is 15.7 Å². The summed E-state index contributed by atoms with van der Waals surface area (Å²) in [7, 11) is -2.25. The molecule has 0 bridgehead atoms. The van der Waals surface area contributed by atoms with E-state index in [1.54, 1.807) is 0 Å². The van der Waals surface area contributed by atoms with E-state index in [1.807, 2.05) is 0 Å². The number of aromatic nitrogens is 4. The highest BCUT2D eigenvalue weighted by Gasteiger charge is 2.24. The Bertz CT molecular complexity index is 624. The zero-order chi connectivity index (χ0) is 13.2. The average Bonchev–Trinajstić information content (AvgIpc) is 2.82. The fourth-order valence-electron chi connectivity index (χ4n) is 1.38. The van der Waals surface area contributed by atoms with Crippen LogP contribution in [0.25, 0.3) is 0 Å². The van der Waals surface area contributed by atoms with Crippen molar-refractivity contribution in [2.75, 3.05) is 12.8 Å². The third kappa shape index (κ3) is 2.31. The largest absolute Gasteiger partial charge is 0.398 e. The van der Waals surface area contributed by atoms with Gasteiger partial charge in [0.25, 0.3) is 0 Å². The zero-order valence-corrected chi connectivity index (χ0v) is 10.4. The molecule has 18 heavy (non-hydrogen) atoms. The van der Waals surface area contributed by atoms with Crippen LogP contribution in [0.15, 0.2) is 29.7 Å². The molecule has 0 aliphatic rings. The molecule has 0 amide bonds. The number of hydrogen-bond donors (Lipinski definition) is 2. The summed E-state index contributed by atoms with van der Waals surface area (Å²) in [5.74, 6) is 0.448. The fourth-order valence-corrected chi connectivity index (χ4v) is 2.57. The molecule has 0 unspecified atom stereocenters. The molecule has 2 rings (SSSR count). The summed E-state index contributed by atoms with van der Waals surface area (Å²) in [5.41, 5.74) is 5.80. The topological polar surface area (TPSA) is 118 Å². The van der Waals surface area contributed by atoms with E-state index < -0.39 is 10.0 Å². The summed E-state index contributed by atoms with van der Waals surface area (Å²) >= 11 is 0.